The van der Waals surface area contributed by atoms with Crippen LogP contribution in [0.1, 0.15) is 10.5 Å². The molecule has 0 radical (unpaired) electrons. The largest absolute Gasteiger partial charge is 0.481 e. The standard InChI is InChI=1S/C19H20N4O7/c24-16(22-5-7-23(8-6-22)19(28)29)10-20-18(27)14-9-15(30-11-17(25)26)12-3-1-2-4-13(12)21-14/h1-4,9H,5-8,10-11H2,(H,20,27)(H,25,26)(H,28,29). The Morgan fingerprint density at radius 1 is 1.03 bits per heavy atom. The van der Waals surface area contributed by atoms with E-state index in [-0.39, 0.29) is 50.1 Å². The molecule has 0 atom stereocenters. The van der Waals surface area contributed by atoms with Crippen LogP contribution in [0.4, 0.5) is 4.79 Å². The Morgan fingerprint density at radius 3 is 2.37 bits per heavy atom. The third kappa shape index (κ3) is 4.93. The first-order valence-electron chi connectivity index (χ1n) is 9.13. The Labute approximate surface area is 170 Å². The maximum absolute atomic E-state index is 12.5. The Balaban J connectivity index is 1.65. The average molecular weight is 416 g/mol. The number of carboxylic acids is 1. The molecule has 1 aromatic heterocycles. The number of benzene rings is 1. The van der Waals surface area contributed by atoms with Gasteiger partial charge in [0.2, 0.25) is 5.91 Å². The summed E-state index contributed by atoms with van der Waals surface area (Å²) >= 11 is 0. The van der Waals surface area contributed by atoms with Gasteiger partial charge in [0.15, 0.2) is 6.61 Å². The van der Waals surface area contributed by atoms with Crippen LogP contribution in [0, 0.1) is 0 Å². The van der Waals surface area contributed by atoms with Crippen LogP contribution in [0.2, 0.25) is 0 Å². The zero-order chi connectivity index (χ0) is 21.7. The van der Waals surface area contributed by atoms with Gasteiger partial charge in [-0.15, -0.1) is 0 Å². The van der Waals surface area contributed by atoms with Crippen molar-refractivity contribution in [1.82, 2.24) is 20.1 Å². The minimum Gasteiger partial charge on any atom is -0.481 e. The molecule has 0 unspecified atom stereocenters. The fraction of sp³-hybridized carbons (Fsp3) is 0.316. The van der Waals surface area contributed by atoms with Crippen molar-refractivity contribution < 1.29 is 34.1 Å². The van der Waals surface area contributed by atoms with E-state index in [9.17, 15) is 19.2 Å². The molecule has 3 N–H and O–H groups in total. The third-order valence-electron chi connectivity index (χ3n) is 4.57. The van der Waals surface area contributed by atoms with Crippen LogP contribution in [0.5, 0.6) is 5.75 Å². The van der Waals surface area contributed by atoms with Crippen LogP contribution in [0.15, 0.2) is 30.3 Å². The molecule has 11 nitrogen and oxygen atoms in total. The molecule has 2 aromatic rings. The van der Waals surface area contributed by atoms with E-state index in [0.29, 0.717) is 10.9 Å². The molecule has 1 aliphatic rings. The second kappa shape index (κ2) is 9.07. The number of hydrogen-bond donors (Lipinski definition) is 3. The molecule has 0 bridgehead atoms. The maximum Gasteiger partial charge on any atom is 0.407 e. The lowest BCUT2D eigenvalue weighted by molar-refractivity contribution is -0.139. The van der Waals surface area contributed by atoms with Gasteiger partial charge < -0.3 is 30.1 Å². The summed E-state index contributed by atoms with van der Waals surface area (Å²) in [7, 11) is 0. The summed E-state index contributed by atoms with van der Waals surface area (Å²) in [4.78, 5) is 53.5. The summed E-state index contributed by atoms with van der Waals surface area (Å²) in [6.07, 6.45) is -1.03. The molecule has 1 saturated heterocycles. The monoisotopic (exact) mass is 416 g/mol. The quantitative estimate of drug-likeness (QED) is 0.607. The summed E-state index contributed by atoms with van der Waals surface area (Å²) in [5.74, 6) is -1.91. The zero-order valence-corrected chi connectivity index (χ0v) is 15.9. The van der Waals surface area contributed by atoms with Gasteiger partial charge in [-0.2, -0.15) is 0 Å². The summed E-state index contributed by atoms with van der Waals surface area (Å²) in [5, 5.41) is 20.8. The number of nitrogens with zero attached hydrogens (tertiary/aromatic N) is 3. The van der Waals surface area contributed by atoms with E-state index in [1.54, 1.807) is 24.3 Å². The van der Waals surface area contributed by atoms with Crippen LogP contribution in [-0.4, -0.2) is 88.2 Å². The van der Waals surface area contributed by atoms with Crippen molar-refractivity contribution >= 4 is 34.8 Å². The first-order chi connectivity index (χ1) is 14.3. The van der Waals surface area contributed by atoms with Crippen LogP contribution in [0.25, 0.3) is 10.9 Å². The number of aromatic nitrogens is 1. The van der Waals surface area contributed by atoms with Gasteiger partial charge in [-0.3, -0.25) is 9.59 Å². The lowest BCUT2D eigenvalue weighted by atomic mass is 10.1. The van der Waals surface area contributed by atoms with Crippen molar-refractivity contribution in [2.75, 3.05) is 39.3 Å². The van der Waals surface area contributed by atoms with E-state index in [4.69, 9.17) is 14.9 Å². The highest BCUT2D eigenvalue weighted by Gasteiger charge is 2.24. The summed E-state index contributed by atoms with van der Waals surface area (Å²) in [5.41, 5.74) is 0.430. The summed E-state index contributed by atoms with van der Waals surface area (Å²) in [6, 6.07) is 8.14. The Kier molecular flexibility index (Phi) is 6.30. The average Bonchev–Trinajstić information content (AvgIpc) is 2.75. The normalized spacial score (nSPS) is 13.7. The van der Waals surface area contributed by atoms with E-state index in [1.165, 1.54) is 15.9 Å². The fourth-order valence-electron chi connectivity index (χ4n) is 3.02. The molecule has 1 aliphatic heterocycles. The molecule has 3 rings (SSSR count). The Hall–Kier alpha value is -3.89. The van der Waals surface area contributed by atoms with Crippen molar-refractivity contribution in [2.45, 2.75) is 0 Å². The molecule has 158 valence electrons. The second-order valence-corrected chi connectivity index (χ2v) is 6.54. The molecule has 11 heteroatoms. The lowest BCUT2D eigenvalue weighted by Gasteiger charge is -2.33. The fourth-order valence-corrected chi connectivity index (χ4v) is 3.02. The first kappa shape index (κ1) is 20.8. The molecule has 0 spiro atoms. The number of carbonyl (C=O) groups is 4. The number of rotatable bonds is 6. The third-order valence-corrected chi connectivity index (χ3v) is 4.57. The molecule has 1 aromatic carbocycles. The van der Waals surface area contributed by atoms with Crippen molar-refractivity contribution in [3.05, 3.63) is 36.0 Å². The van der Waals surface area contributed by atoms with Crippen LogP contribution in [-0.2, 0) is 9.59 Å². The number of ether oxygens (including phenoxy) is 1. The topological polar surface area (TPSA) is 149 Å². The van der Waals surface area contributed by atoms with Crippen molar-refractivity contribution in [1.29, 1.82) is 0 Å². The number of nitrogens with one attached hydrogen (secondary N) is 1. The highest BCUT2D eigenvalue weighted by atomic mass is 16.5. The lowest BCUT2D eigenvalue weighted by Crippen LogP contribution is -2.52. The maximum atomic E-state index is 12.5. The minimum absolute atomic E-state index is 0.0161. The number of piperazine rings is 1. The number of hydrogen-bond acceptors (Lipinski definition) is 6. The van der Waals surface area contributed by atoms with Gasteiger partial charge in [0, 0.05) is 37.6 Å². The summed E-state index contributed by atoms with van der Waals surface area (Å²) < 4.78 is 5.27. The molecular formula is C19H20N4O7. The van der Waals surface area contributed by atoms with Crippen LogP contribution < -0.4 is 10.1 Å². The number of carbonyl (C=O) groups excluding carboxylic acids is 2. The minimum atomic E-state index is -1.16. The van der Waals surface area contributed by atoms with Gasteiger partial charge in [0.25, 0.3) is 5.91 Å². The van der Waals surface area contributed by atoms with Gasteiger partial charge in [-0.25, -0.2) is 14.6 Å². The van der Waals surface area contributed by atoms with Gasteiger partial charge in [0.05, 0.1) is 12.1 Å². The van der Waals surface area contributed by atoms with E-state index >= 15 is 0 Å². The van der Waals surface area contributed by atoms with Crippen LogP contribution >= 0.6 is 0 Å². The predicted molar refractivity (Wildman–Crippen MR) is 103 cm³/mol. The summed E-state index contributed by atoms with van der Waals surface area (Å²) in [6.45, 7) is 0.0868. The number of carboxylic acid groups (broad SMARTS) is 2. The molecule has 1 fully saturated rings. The molecule has 3 amide bonds. The van der Waals surface area contributed by atoms with E-state index < -0.39 is 24.6 Å². The molecule has 0 saturated carbocycles. The SMILES string of the molecule is O=C(O)COc1cc(C(=O)NCC(=O)N2CCN(C(=O)O)CC2)nc2ccccc12. The first-order valence-corrected chi connectivity index (χ1v) is 9.13. The smallest absolute Gasteiger partial charge is 0.407 e. The van der Waals surface area contributed by atoms with Gasteiger partial charge in [0.1, 0.15) is 11.4 Å². The Morgan fingerprint density at radius 2 is 1.70 bits per heavy atom. The number of pyridine rings is 1. The second-order valence-electron chi connectivity index (χ2n) is 6.54. The number of aliphatic carboxylic acids is 1. The van der Waals surface area contributed by atoms with E-state index in [1.807, 2.05) is 0 Å². The number of fused-ring (bicyclic) bond motifs is 1. The molecule has 30 heavy (non-hydrogen) atoms. The number of para-hydroxylation sites is 1. The van der Waals surface area contributed by atoms with Crippen molar-refractivity contribution in [2.24, 2.45) is 0 Å². The highest BCUT2D eigenvalue weighted by molar-refractivity contribution is 5.98. The van der Waals surface area contributed by atoms with E-state index in [2.05, 4.69) is 10.3 Å². The van der Waals surface area contributed by atoms with Gasteiger partial charge >= 0.3 is 12.1 Å². The number of amides is 3. The van der Waals surface area contributed by atoms with Gasteiger partial charge in [-0.1, -0.05) is 12.1 Å². The van der Waals surface area contributed by atoms with Gasteiger partial charge in [-0.05, 0) is 12.1 Å². The predicted octanol–water partition coefficient (Wildman–Crippen LogP) is 0.250. The zero-order valence-electron chi connectivity index (χ0n) is 15.9. The molecule has 0 aliphatic carbocycles. The molecular weight excluding hydrogens is 396 g/mol. The van der Waals surface area contributed by atoms with E-state index in [0.717, 1.165) is 0 Å². The highest BCUT2D eigenvalue weighted by Crippen LogP contribution is 2.25. The Bertz CT molecular complexity index is 986. The molecule has 2 heterocycles. The van der Waals surface area contributed by atoms with Crippen LogP contribution in [0.3, 0.4) is 0 Å². The van der Waals surface area contributed by atoms with Crippen molar-refractivity contribution in [3.63, 3.8) is 0 Å². The van der Waals surface area contributed by atoms with Crippen molar-refractivity contribution in [3.8, 4) is 5.75 Å².